The van der Waals surface area contributed by atoms with E-state index in [1.165, 1.54) is 11.3 Å². The van der Waals surface area contributed by atoms with E-state index in [-0.39, 0.29) is 18.2 Å². The molecule has 2 N–H and O–H groups in total. The van der Waals surface area contributed by atoms with Crippen molar-refractivity contribution in [3.05, 3.63) is 15.7 Å². The number of carbonyl (C=O) groups is 2. The van der Waals surface area contributed by atoms with Crippen LogP contribution in [0.3, 0.4) is 0 Å². The maximum Gasteiger partial charge on any atom is 0.348 e. The van der Waals surface area contributed by atoms with Crippen LogP contribution in [0, 0.1) is 6.92 Å². The number of thiophene rings is 1. The Labute approximate surface area is 141 Å². The van der Waals surface area contributed by atoms with Gasteiger partial charge in [-0.3, -0.25) is 4.79 Å². The zero-order valence-corrected chi connectivity index (χ0v) is 14.3. The number of halogens is 1. The quantitative estimate of drug-likeness (QED) is 0.579. The molecule has 2 aromatic rings. The molecule has 0 atom stereocenters. The number of carboxylic acids is 1. The summed E-state index contributed by atoms with van der Waals surface area (Å²) in [5.74, 6) is -0.899. The summed E-state index contributed by atoms with van der Waals surface area (Å²) in [7, 11) is 0. The van der Waals surface area contributed by atoms with Crippen LogP contribution in [0.5, 0.6) is 0 Å². The first kappa shape index (κ1) is 17.4. The van der Waals surface area contributed by atoms with Crippen molar-refractivity contribution in [2.45, 2.75) is 26.7 Å². The average molecular weight is 358 g/mol. The average Bonchev–Trinajstić information content (AvgIpc) is 2.81. The molecule has 0 spiro atoms. The molecule has 2 heterocycles. The van der Waals surface area contributed by atoms with Crippen molar-refractivity contribution in [2.24, 2.45) is 0 Å². The molecule has 0 radical (unpaired) electrons. The maximum absolute atomic E-state index is 12.1. The smallest absolute Gasteiger partial charge is 0.348 e. The highest BCUT2D eigenvalue weighted by Gasteiger charge is 2.21. The Morgan fingerprint density at radius 1 is 1.39 bits per heavy atom. The molecule has 0 saturated heterocycles. The van der Waals surface area contributed by atoms with Gasteiger partial charge in [0.25, 0.3) is 0 Å². The molecule has 2 aromatic heterocycles. The normalized spacial score (nSPS) is 10.7. The molecular weight excluding hydrogens is 342 g/mol. The summed E-state index contributed by atoms with van der Waals surface area (Å²) in [5.41, 5.74) is 0.695. The second-order valence-corrected chi connectivity index (χ2v) is 6.12. The third-order valence-electron chi connectivity index (χ3n) is 3.02. The lowest BCUT2D eigenvalue weighted by molar-refractivity contribution is -0.136. The van der Waals surface area contributed by atoms with Crippen LogP contribution in [0.15, 0.2) is 0 Å². The first-order valence-electron chi connectivity index (χ1n) is 7.03. The molecule has 2 rings (SSSR count). The zero-order chi connectivity index (χ0) is 17.0. The van der Waals surface area contributed by atoms with Crippen molar-refractivity contribution >= 4 is 50.9 Å². The largest absolute Gasteiger partial charge is 0.481 e. The number of anilines is 1. The van der Waals surface area contributed by atoms with Crippen LogP contribution >= 0.6 is 22.9 Å². The standard InChI is InChI=1S/C14H16ClN3O4S/c1-3-6-22-13(21)10-7(2)9-11(16-5-4-8(19)20)17-14(15)18-12(9)23-10/h3-6H2,1-2H3,(H,19,20)(H,16,17,18). The lowest BCUT2D eigenvalue weighted by Gasteiger charge is -2.06. The van der Waals surface area contributed by atoms with Gasteiger partial charge in [-0.2, -0.15) is 0 Å². The number of carboxylic acid groups (broad SMARTS) is 1. The van der Waals surface area contributed by atoms with Gasteiger partial charge in [0.1, 0.15) is 15.5 Å². The first-order chi connectivity index (χ1) is 10.9. The predicted octanol–water partition coefficient (Wildman–Crippen LogP) is 3.11. The summed E-state index contributed by atoms with van der Waals surface area (Å²) in [6, 6.07) is 0. The van der Waals surface area contributed by atoms with Gasteiger partial charge < -0.3 is 15.2 Å². The molecule has 0 saturated carbocycles. The monoisotopic (exact) mass is 357 g/mol. The summed E-state index contributed by atoms with van der Waals surface area (Å²) in [4.78, 5) is 32.0. The Morgan fingerprint density at radius 2 is 2.13 bits per heavy atom. The molecule has 0 aromatic carbocycles. The van der Waals surface area contributed by atoms with E-state index in [9.17, 15) is 9.59 Å². The predicted molar refractivity (Wildman–Crippen MR) is 88.5 cm³/mol. The van der Waals surface area contributed by atoms with Crippen LogP contribution < -0.4 is 5.32 Å². The molecule has 0 unspecified atom stereocenters. The van der Waals surface area contributed by atoms with Gasteiger partial charge in [0.2, 0.25) is 5.28 Å². The van der Waals surface area contributed by atoms with Crippen molar-refractivity contribution in [1.82, 2.24) is 9.97 Å². The second-order valence-electron chi connectivity index (χ2n) is 4.78. The summed E-state index contributed by atoms with van der Waals surface area (Å²) in [5, 5.41) is 12.3. The van der Waals surface area contributed by atoms with Crippen LogP contribution in [0.1, 0.15) is 35.0 Å². The number of hydrogen-bond donors (Lipinski definition) is 2. The molecule has 0 amide bonds. The number of nitrogens with one attached hydrogen (secondary N) is 1. The van der Waals surface area contributed by atoms with E-state index in [4.69, 9.17) is 21.4 Å². The Kier molecular flexibility index (Phi) is 5.73. The highest BCUT2D eigenvalue weighted by Crippen LogP contribution is 2.35. The van der Waals surface area contributed by atoms with E-state index >= 15 is 0 Å². The fourth-order valence-electron chi connectivity index (χ4n) is 1.98. The highest BCUT2D eigenvalue weighted by atomic mass is 35.5. The second kappa shape index (κ2) is 7.56. The van der Waals surface area contributed by atoms with Gasteiger partial charge >= 0.3 is 11.9 Å². The van der Waals surface area contributed by atoms with Crippen LogP contribution in [-0.2, 0) is 9.53 Å². The number of carbonyl (C=O) groups excluding carboxylic acids is 1. The number of fused-ring (bicyclic) bond motifs is 1. The third-order valence-corrected chi connectivity index (χ3v) is 4.35. The van der Waals surface area contributed by atoms with Crippen molar-refractivity contribution in [1.29, 1.82) is 0 Å². The first-order valence-corrected chi connectivity index (χ1v) is 8.22. The van der Waals surface area contributed by atoms with Gasteiger partial charge in [0.15, 0.2) is 0 Å². The molecule has 0 fully saturated rings. The number of esters is 1. The van der Waals surface area contributed by atoms with E-state index in [1.54, 1.807) is 6.92 Å². The van der Waals surface area contributed by atoms with Gasteiger partial charge in [-0.15, -0.1) is 11.3 Å². The van der Waals surface area contributed by atoms with Gasteiger partial charge in [0.05, 0.1) is 18.4 Å². The topological polar surface area (TPSA) is 101 Å². The summed E-state index contributed by atoms with van der Waals surface area (Å²) >= 11 is 7.09. The van der Waals surface area contributed by atoms with Gasteiger partial charge in [-0.1, -0.05) is 6.92 Å². The molecule has 9 heteroatoms. The lowest BCUT2D eigenvalue weighted by Crippen LogP contribution is -2.09. The Morgan fingerprint density at radius 3 is 2.78 bits per heavy atom. The fraction of sp³-hybridized carbons (Fsp3) is 0.429. The number of rotatable bonds is 7. The number of hydrogen-bond acceptors (Lipinski definition) is 7. The van der Waals surface area contributed by atoms with E-state index in [0.29, 0.717) is 33.1 Å². The summed E-state index contributed by atoms with van der Waals surface area (Å²) in [6.07, 6.45) is 0.682. The number of aliphatic carboxylic acids is 1. The molecule has 0 bridgehead atoms. The number of aryl methyl sites for hydroxylation is 1. The summed E-state index contributed by atoms with van der Waals surface area (Å²) < 4.78 is 5.16. The van der Waals surface area contributed by atoms with Crippen molar-refractivity contribution in [3.8, 4) is 0 Å². The van der Waals surface area contributed by atoms with Crippen molar-refractivity contribution in [3.63, 3.8) is 0 Å². The van der Waals surface area contributed by atoms with E-state index in [1.807, 2.05) is 6.92 Å². The van der Waals surface area contributed by atoms with E-state index < -0.39 is 11.9 Å². The molecule has 23 heavy (non-hydrogen) atoms. The molecular formula is C14H16ClN3O4S. The SMILES string of the molecule is CCCOC(=O)c1sc2nc(Cl)nc(NCCC(=O)O)c2c1C. The van der Waals surface area contributed by atoms with Gasteiger partial charge in [0, 0.05) is 6.54 Å². The minimum Gasteiger partial charge on any atom is -0.481 e. The van der Waals surface area contributed by atoms with Crippen LogP contribution in [0.4, 0.5) is 5.82 Å². The van der Waals surface area contributed by atoms with Crippen LogP contribution in [-0.4, -0.2) is 40.2 Å². The van der Waals surface area contributed by atoms with E-state index in [0.717, 1.165) is 6.42 Å². The zero-order valence-electron chi connectivity index (χ0n) is 12.7. The van der Waals surface area contributed by atoms with Gasteiger partial charge in [-0.05, 0) is 30.5 Å². The highest BCUT2D eigenvalue weighted by molar-refractivity contribution is 7.20. The minimum absolute atomic E-state index is 0.0325. The number of nitrogens with zero attached hydrogens (tertiary/aromatic N) is 2. The molecule has 124 valence electrons. The van der Waals surface area contributed by atoms with Crippen LogP contribution in [0.25, 0.3) is 10.2 Å². The molecule has 0 aliphatic heterocycles. The Balaban J connectivity index is 2.37. The van der Waals surface area contributed by atoms with Crippen LogP contribution in [0.2, 0.25) is 5.28 Å². The maximum atomic E-state index is 12.1. The van der Waals surface area contributed by atoms with Crippen molar-refractivity contribution < 1.29 is 19.4 Å². The van der Waals surface area contributed by atoms with Gasteiger partial charge in [-0.25, -0.2) is 14.8 Å². The third kappa shape index (κ3) is 4.08. The molecule has 0 aliphatic carbocycles. The molecule has 0 aliphatic rings. The minimum atomic E-state index is -0.917. The lowest BCUT2D eigenvalue weighted by atomic mass is 10.2. The molecule has 7 nitrogen and oxygen atoms in total. The van der Waals surface area contributed by atoms with Crippen molar-refractivity contribution in [2.75, 3.05) is 18.5 Å². The number of aromatic nitrogens is 2. The Hall–Kier alpha value is -1.93. The van der Waals surface area contributed by atoms with E-state index in [2.05, 4.69) is 15.3 Å². The number of ether oxygens (including phenoxy) is 1. The Bertz CT molecular complexity index is 747. The summed E-state index contributed by atoms with van der Waals surface area (Å²) in [6.45, 7) is 4.24. The fourth-order valence-corrected chi connectivity index (χ4v) is 3.28.